The monoisotopic (exact) mass is 681 g/mol. The quantitative estimate of drug-likeness (QED) is 0.242. The second kappa shape index (κ2) is 12.3. The Morgan fingerprint density at radius 1 is 1.07 bits per heavy atom. The number of aromatic nitrogens is 3. The average Bonchev–Trinajstić information content (AvgIpc) is 3.42. The molecule has 0 atom stereocenters. The summed E-state index contributed by atoms with van der Waals surface area (Å²) in [6.07, 6.45) is 1.17. The molecule has 1 aliphatic rings. The van der Waals surface area contributed by atoms with Gasteiger partial charge in [-0.05, 0) is 57.3 Å². The summed E-state index contributed by atoms with van der Waals surface area (Å²) in [5, 5.41) is 12.0. The van der Waals surface area contributed by atoms with E-state index in [1.165, 1.54) is 28.2 Å². The number of fused-ring (bicyclic) bond motifs is 2. The molecule has 240 valence electrons. The SMILES string of the molecule is Cc1cc(-c2cc(Cl)ccc2OCCn2c(C)nc3cc(S(C)(=O)=O)c(N4CCN(C)CC4)cc3c2=O)c2scc(C(=O)O)c2n1. The van der Waals surface area contributed by atoms with E-state index in [0.29, 0.717) is 67.8 Å². The van der Waals surface area contributed by atoms with Crippen LogP contribution in [0.15, 0.2) is 51.5 Å². The molecule has 1 N–H and O–H groups in total. The molecule has 0 unspecified atom stereocenters. The van der Waals surface area contributed by atoms with E-state index < -0.39 is 15.8 Å². The van der Waals surface area contributed by atoms with E-state index in [1.54, 1.807) is 43.5 Å². The van der Waals surface area contributed by atoms with Gasteiger partial charge < -0.3 is 19.6 Å². The zero-order valence-corrected chi connectivity index (χ0v) is 28.1. The zero-order chi connectivity index (χ0) is 32.9. The van der Waals surface area contributed by atoms with Crippen LogP contribution >= 0.6 is 22.9 Å². The normalized spacial score (nSPS) is 14.3. The number of aryl methyl sites for hydroxylation is 2. The molecule has 6 rings (SSSR count). The van der Waals surface area contributed by atoms with Gasteiger partial charge in [-0.3, -0.25) is 14.3 Å². The van der Waals surface area contributed by atoms with Gasteiger partial charge in [-0.15, -0.1) is 11.3 Å². The van der Waals surface area contributed by atoms with Crippen molar-refractivity contribution in [2.45, 2.75) is 25.3 Å². The number of benzene rings is 2. The van der Waals surface area contributed by atoms with E-state index >= 15 is 0 Å². The van der Waals surface area contributed by atoms with Crippen molar-refractivity contribution < 1.29 is 23.1 Å². The van der Waals surface area contributed by atoms with Crippen LogP contribution in [0.3, 0.4) is 0 Å². The molecule has 3 aromatic heterocycles. The fourth-order valence-electron chi connectivity index (χ4n) is 5.78. The second-order valence-corrected chi connectivity index (χ2v) is 14.7. The van der Waals surface area contributed by atoms with Gasteiger partial charge in [0.25, 0.3) is 5.56 Å². The number of sulfone groups is 1. The summed E-state index contributed by atoms with van der Waals surface area (Å²) in [6.45, 7) is 6.64. The summed E-state index contributed by atoms with van der Waals surface area (Å²) < 4.78 is 34.0. The molecule has 46 heavy (non-hydrogen) atoms. The summed E-state index contributed by atoms with van der Waals surface area (Å²) in [5.74, 6) is -0.113. The minimum atomic E-state index is -3.58. The Kier molecular flexibility index (Phi) is 8.53. The molecule has 2 aromatic carbocycles. The molecule has 0 aliphatic carbocycles. The molecule has 0 bridgehead atoms. The summed E-state index contributed by atoms with van der Waals surface area (Å²) in [4.78, 5) is 39.1. The summed E-state index contributed by atoms with van der Waals surface area (Å²) >= 11 is 7.68. The van der Waals surface area contributed by atoms with Crippen LogP contribution in [0.4, 0.5) is 5.69 Å². The first kappa shape index (κ1) is 31.9. The highest BCUT2D eigenvalue weighted by atomic mass is 35.5. The van der Waals surface area contributed by atoms with Crippen LogP contribution < -0.4 is 15.2 Å². The zero-order valence-electron chi connectivity index (χ0n) is 25.7. The second-order valence-electron chi connectivity index (χ2n) is 11.4. The first-order valence-electron chi connectivity index (χ1n) is 14.6. The van der Waals surface area contributed by atoms with Crippen LogP contribution in [0, 0.1) is 13.8 Å². The number of thiophene rings is 1. The minimum absolute atomic E-state index is 0.118. The lowest BCUT2D eigenvalue weighted by atomic mass is 10.0. The van der Waals surface area contributed by atoms with Gasteiger partial charge in [0.2, 0.25) is 0 Å². The molecule has 11 nitrogen and oxygen atoms in total. The Morgan fingerprint density at radius 3 is 2.50 bits per heavy atom. The number of aromatic carboxylic acids is 1. The van der Waals surface area contributed by atoms with Gasteiger partial charge in [0.15, 0.2) is 9.84 Å². The number of pyridine rings is 1. The first-order chi connectivity index (χ1) is 21.8. The largest absolute Gasteiger partial charge is 0.491 e. The number of carboxylic acid groups (broad SMARTS) is 1. The number of nitrogens with zero attached hydrogens (tertiary/aromatic N) is 5. The van der Waals surface area contributed by atoms with Gasteiger partial charge >= 0.3 is 5.97 Å². The van der Waals surface area contributed by atoms with Crippen LogP contribution in [0.25, 0.3) is 32.2 Å². The standard InChI is InChI=1S/C32H32ClN5O6S2/c1-18-13-22(30-29(34-18)24(17-45-30)32(40)41)21-14-20(33)5-6-27(21)44-12-11-38-19(2)35-25-16-28(46(4,42)43)26(15-23(25)31(38)39)37-9-7-36(3)8-10-37/h5-6,13-17H,7-12H2,1-4H3,(H,40,41). The first-order valence-corrected chi connectivity index (χ1v) is 17.7. The third-order valence-electron chi connectivity index (χ3n) is 8.15. The number of hydrogen-bond acceptors (Lipinski definition) is 10. The molecule has 5 aromatic rings. The molecule has 1 aliphatic heterocycles. The number of likely N-dealkylation sites (N-methyl/N-ethyl adjacent to an activating group) is 1. The van der Waals surface area contributed by atoms with Crippen molar-refractivity contribution in [3.05, 3.63) is 74.2 Å². The maximum Gasteiger partial charge on any atom is 0.338 e. The van der Waals surface area contributed by atoms with Crippen molar-refractivity contribution in [3.63, 3.8) is 0 Å². The van der Waals surface area contributed by atoms with E-state index in [9.17, 15) is 23.1 Å². The van der Waals surface area contributed by atoms with Crippen LogP contribution in [0.2, 0.25) is 5.02 Å². The molecule has 0 saturated carbocycles. The predicted octanol–water partition coefficient (Wildman–Crippen LogP) is 4.88. The number of piperazine rings is 1. The number of rotatable bonds is 8. The number of hydrogen-bond donors (Lipinski definition) is 1. The fraction of sp³-hybridized carbons (Fsp3) is 0.312. The average molecular weight is 682 g/mol. The molecular weight excluding hydrogens is 650 g/mol. The number of halogens is 1. The molecule has 4 heterocycles. The summed E-state index contributed by atoms with van der Waals surface area (Å²) in [7, 11) is -1.56. The molecular formula is C32H32ClN5O6S2. The van der Waals surface area contributed by atoms with Crippen LogP contribution in [0.5, 0.6) is 5.75 Å². The Hall–Kier alpha value is -4.04. The van der Waals surface area contributed by atoms with E-state index in [-0.39, 0.29) is 29.2 Å². The van der Waals surface area contributed by atoms with Crippen molar-refractivity contribution in [3.8, 4) is 16.9 Å². The highest BCUT2D eigenvalue weighted by Crippen LogP contribution is 2.40. The molecule has 0 radical (unpaired) electrons. The third-order valence-corrected chi connectivity index (χ3v) is 10.5. The third kappa shape index (κ3) is 6.07. The van der Waals surface area contributed by atoms with Crippen molar-refractivity contribution in [2.24, 2.45) is 0 Å². The van der Waals surface area contributed by atoms with Crippen LogP contribution in [-0.2, 0) is 16.4 Å². The minimum Gasteiger partial charge on any atom is -0.491 e. The lowest BCUT2D eigenvalue weighted by molar-refractivity contribution is 0.0699. The van der Waals surface area contributed by atoms with Gasteiger partial charge in [0.1, 0.15) is 18.2 Å². The van der Waals surface area contributed by atoms with E-state index in [1.807, 2.05) is 18.0 Å². The summed E-state index contributed by atoms with van der Waals surface area (Å²) in [6, 6.07) is 10.2. The number of anilines is 1. The van der Waals surface area contributed by atoms with Gasteiger partial charge in [0.05, 0.1) is 43.8 Å². The maximum absolute atomic E-state index is 13.8. The fourth-order valence-corrected chi connectivity index (χ4v) is 7.85. The maximum atomic E-state index is 13.8. The molecule has 1 fully saturated rings. The molecule has 0 amide bonds. The van der Waals surface area contributed by atoms with E-state index in [2.05, 4.69) is 14.9 Å². The highest BCUT2D eigenvalue weighted by molar-refractivity contribution is 7.90. The lowest BCUT2D eigenvalue weighted by Gasteiger charge is -2.35. The van der Waals surface area contributed by atoms with Gasteiger partial charge in [-0.2, -0.15) is 0 Å². The summed E-state index contributed by atoms with van der Waals surface area (Å²) in [5.41, 5.74) is 3.15. The van der Waals surface area contributed by atoms with E-state index in [0.717, 1.165) is 18.7 Å². The predicted molar refractivity (Wildman–Crippen MR) is 181 cm³/mol. The Labute approximate surface area is 274 Å². The molecule has 0 spiro atoms. The van der Waals surface area contributed by atoms with Crippen molar-refractivity contribution in [1.82, 2.24) is 19.4 Å². The Bertz CT molecular complexity index is 2190. The van der Waals surface area contributed by atoms with Gasteiger partial charge in [-0.1, -0.05) is 11.6 Å². The Morgan fingerprint density at radius 2 is 1.80 bits per heavy atom. The smallest absolute Gasteiger partial charge is 0.338 e. The van der Waals surface area contributed by atoms with Gasteiger partial charge in [0, 0.05) is 59.7 Å². The topological polar surface area (TPSA) is 135 Å². The van der Waals surface area contributed by atoms with Crippen molar-refractivity contribution >= 4 is 65.6 Å². The highest BCUT2D eigenvalue weighted by Gasteiger charge is 2.24. The Balaban J connectivity index is 1.34. The number of carboxylic acids is 1. The van der Waals surface area contributed by atoms with E-state index in [4.69, 9.17) is 16.3 Å². The van der Waals surface area contributed by atoms with Crippen LogP contribution in [-0.4, -0.2) is 85.0 Å². The molecule has 1 saturated heterocycles. The van der Waals surface area contributed by atoms with Crippen LogP contribution in [0.1, 0.15) is 21.9 Å². The molecule has 14 heteroatoms. The van der Waals surface area contributed by atoms with Crippen molar-refractivity contribution in [2.75, 3.05) is 51.0 Å². The van der Waals surface area contributed by atoms with Crippen molar-refractivity contribution in [1.29, 1.82) is 0 Å². The lowest BCUT2D eigenvalue weighted by Crippen LogP contribution is -2.45. The number of ether oxygens (including phenoxy) is 1. The number of carbonyl (C=O) groups is 1. The van der Waals surface area contributed by atoms with Gasteiger partial charge in [-0.25, -0.2) is 18.2 Å².